The summed E-state index contributed by atoms with van der Waals surface area (Å²) in [6, 6.07) is 9.60. The van der Waals surface area contributed by atoms with Gasteiger partial charge in [0.2, 0.25) is 0 Å². The Labute approximate surface area is 71.7 Å². The normalized spacial score (nSPS) is 10.3. The van der Waals surface area contributed by atoms with Crippen molar-refractivity contribution in [2.75, 3.05) is 6.16 Å². The van der Waals surface area contributed by atoms with Crippen LogP contribution in [0.3, 0.4) is 0 Å². The summed E-state index contributed by atoms with van der Waals surface area (Å²) in [6.07, 6.45) is 3.55. The lowest BCUT2D eigenvalue weighted by atomic mass is 10.2. The van der Waals surface area contributed by atoms with Crippen molar-refractivity contribution in [3.05, 3.63) is 42.0 Å². The SMILES string of the molecule is O=P(=O)CC=Cc1ccccc1. The fraction of sp³-hybridized carbons (Fsp3) is 0.111. The molecule has 0 unspecified atom stereocenters. The Bertz CT molecular complexity index is 318. The molecule has 0 amide bonds. The van der Waals surface area contributed by atoms with Gasteiger partial charge in [0, 0.05) is 0 Å². The lowest BCUT2D eigenvalue weighted by Gasteiger charge is -1.88. The summed E-state index contributed by atoms with van der Waals surface area (Å²) in [5.74, 6) is 0. The molecule has 1 aromatic carbocycles. The van der Waals surface area contributed by atoms with Gasteiger partial charge < -0.3 is 0 Å². The molecule has 12 heavy (non-hydrogen) atoms. The molecule has 62 valence electrons. The summed E-state index contributed by atoms with van der Waals surface area (Å²) in [7, 11) is -2.28. The maximum atomic E-state index is 10.2. The average molecular weight is 180 g/mol. The number of rotatable bonds is 3. The van der Waals surface area contributed by atoms with Gasteiger partial charge in [0.15, 0.2) is 0 Å². The van der Waals surface area contributed by atoms with Gasteiger partial charge in [0.05, 0.1) is 6.16 Å². The van der Waals surface area contributed by atoms with E-state index in [1.165, 1.54) is 0 Å². The van der Waals surface area contributed by atoms with Crippen LogP contribution in [-0.2, 0) is 9.13 Å². The first-order valence-electron chi connectivity index (χ1n) is 3.62. The highest BCUT2D eigenvalue weighted by Gasteiger charge is 1.85. The molecule has 0 saturated carbocycles. The van der Waals surface area contributed by atoms with Crippen LogP contribution >= 0.6 is 7.68 Å². The summed E-state index contributed by atoms with van der Waals surface area (Å²) in [6.45, 7) is 0. The van der Waals surface area contributed by atoms with Gasteiger partial charge >= 0.3 is 7.68 Å². The van der Waals surface area contributed by atoms with Gasteiger partial charge in [-0.3, -0.25) is 0 Å². The molecule has 2 nitrogen and oxygen atoms in total. The molecule has 0 aliphatic rings. The molecule has 3 heteroatoms. The van der Waals surface area contributed by atoms with Crippen LogP contribution in [0.2, 0.25) is 0 Å². The van der Waals surface area contributed by atoms with E-state index in [0.717, 1.165) is 5.56 Å². The zero-order chi connectivity index (χ0) is 8.81. The lowest BCUT2D eigenvalue weighted by molar-refractivity contribution is 0.517. The minimum absolute atomic E-state index is 0.115. The van der Waals surface area contributed by atoms with E-state index in [-0.39, 0.29) is 6.16 Å². The number of benzene rings is 1. The summed E-state index contributed by atoms with van der Waals surface area (Å²) in [4.78, 5) is 0. The van der Waals surface area contributed by atoms with E-state index in [1.807, 2.05) is 30.3 Å². The van der Waals surface area contributed by atoms with Crippen LogP contribution in [0.1, 0.15) is 5.56 Å². The Morgan fingerprint density at radius 1 is 1.17 bits per heavy atom. The van der Waals surface area contributed by atoms with Crippen LogP contribution in [0.15, 0.2) is 36.4 Å². The molecule has 0 aliphatic heterocycles. The third-order valence-corrected chi connectivity index (χ3v) is 1.87. The number of hydrogen-bond acceptors (Lipinski definition) is 2. The number of allylic oxidation sites excluding steroid dienone is 1. The van der Waals surface area contributed by atoms with Crippen molar-refractivity contribution in [1.29, 1.82) is 0 Å². The van der Waals surface area contributed by atoms with E-state index in [2.05, 4.69) is 0 Å². The monoisotopic (exact) mass is 180 g/mol. The molecule has 0 N–H and O–H groups in total. The Morgan fingerprint density at radius 2 is 1.83 bits per heavy atom. The summed E-state index contributed by atoms with van der Waals surface area (Å²) >= 11 is 0. The standard InChI is InChI=1S/C9H9O2P/c10-12(11)8-4-7-9-5-2-1-3-6-9/h1-7H,8H2. The summed E-state index contributed by atoms with van der Waals surface area (Å²) in [5.41, 5.74) is 1.02. The second-order valence-electron chi connectivity index (χ2n) is 2.33. The molecule has 0 spiro atoms. The Hall–Kier alpha value is -1.14. The Balaban J connectivity index is 2.58. The second kappa shape index (κ2) is 4.68. The molecule has 0 aliphatic carbocycles. The van der Waals surface area contributed by atoms with Crippen molar-refractivity contribution in [1.82, 2.24) is 0 Å². The Kier molecular flexibility index (Phi) is 3.49. The molecule has 0 saturated heterocycles. The highest BCUT2D eigenvalue weighted by atomic mass is 31.1. The van der Waals surface area contributed by atoms with E-state index in [4.69, 9.17) is 0 Å². The van der Waals surface area contributed by atoms with E-state index in [1.54, 1.807) is 12.2 Å². The van der Waals surface area contributed by atoms with Crippen LogP contribution in [0.5, 0.6) is 0 Å². The first kappa shape index (κ1) is 8.95. The van der Waals surface area contributed by atoms with Gasteiger partial charge in [0.25, 0.3) is 0 Å². The molecule has 0 atom stereocenters. The summed E-state index contributed by atoms with van der Waals surface area (Å²) in [5, 5.41) is 0. The molecular formula is C9H9O2P. The van der Waals surface area contributed by atoms with E-state index in [0.29, 0.717) is 0 Å². The van der Waals surface area contributed by atoms with E-state index >= 15 is 0 Å². The van der Waals surface area contributed by atoms with E-state index in [9.17, 15) is 9.13 Å². The third kappa shape index (κ3) is 3.31. The minimum atomic E-state index is -2.28. The molecule has 1 rings (SSSR count). The number of hydrogen-bond donors (Lipinski definition) is 0. The predicted octanol–water partition coefficient (Wildman–Crippen LogP) is 2.87. The molecular weight excluding hydrogens is 171 g/mol. The van der Waals surface area contributed by atoms with Gasteiger partial charge in [-0.15, -0.1) is 0 Å². The van der Waals surface area contributed by atoms with Crippen molar-refractivity contribution < 1.29 is 9.13 Å². The van der Waals surface area contributed by atoms with Crippen LogP contribution in [0, 0.1) is 0 Å². The molecule has 0 aromatic heterocycles. The first-order chi connectivity index (χ1) is 5.79. The van der Waals surface area contributed by atoms with Gasteiger partial charge in [0.1, 0.15) is 0 Å². The highest BCUT2D eigenvalue weighted by Crippen LogP contribution is 2.05. The quantitative estimate of drug-likeness (QED) is 0.670. The summed E-state index contributed by atoms with van der Waals surface area (Å²) < 4.78 is 20.4. The zero-order valence-corrected chi connectivity index (χ0v) is 7.41. The van der Waals surface area contributed by atoms with Gasteiger partial charge in [-0.1, -0.05) is 42.5 Å². The maximum Gasteiger partial charge on any atom is 0.319 e. The average Bonchev–Trinajstić information content (AvgIpc) is 2.05. The fourth-order valence-electron chi connectivity index (χ4n) is 0.839. The fourth-order valence-corrected chi connectivity index (χ4v) is 1.12. The van der Waals surface area contributed by atoms with Crippen molar-refractivity contribution in [2.24, 2.45) is 0 Å². The Morgan fingerprint density at radius 3 is 2.42 bits per heavy atom. The topological polar surface area (TPSA) is 34.1 Å². The van der Waals surface area contributed by atoms with Crippen LogP contribution < -0.4 is 0 Å². The zero-order valence-electron chi connectivity index (χ0n) is 6.51. The van der Waals surface area contributed by atoms with Crippen molar-refractivity contribution >= 4 is 13.8 Å². The van der Waals surface area contributed by atoms with Crippen LogP contribution in [-0.4, -0.2) is 6.16 Å². The molecule has 0 fully saturated rings. The van der Waals surface area contributed by atoms with Crippen LogP contribution in [0.4, 0.5) is 0 Å². The molecule has 0 heterocycles. The maximum absolute atomic E-state index is 10.2. The third-order valence-electron chi connectivity index (χ3n) is 1.36. The smallest absolute Gasteiger partial charge is 0.237 e. The second-order valence-corrected chi connectivity index (χ2v) is 3.36. The molecule has 1 aromatic rings. The van der Waals surface area contributed by atoms with Crippen molar-refractivity contribution in [2.45, 2.75) is 0 Å². The largest absolute Gasteiger partial charge is 0.319 e. The first-order valence-corrected chi connectivity index (χ1v) is 4.99. The predicted molar refractivity (Wildman–Crippen MR) is 48.6 cm³/mol. The van der Waals surface area contributed by atoms with Gasteiger partial charge in [-0.2, -0.15) is 0 Å². The van der Waals surface area contributed by atoms with E-state index < -0.39 is 7.68 Å². The molecule has 0 bridgehead atoms. The van der Waals surface area contributed by atoms with Crippen molar-refractivity contribution in [3.63, 3.8) is 0 Å². The van der Waals surface area contributed by atoms with Gasteiger partial charge in [-0.05, 0) is 5.56 Å². The molecule has 0 radical (unpaired) electrons. The van der Waals surface area contributed by atoms with Crippen LogP contribution in [0.25, 0.3) is 6.08 Å². The minimum Gasteiger partial charge on any atom is -0.237 e. The van der Waals surface area contributed by atoms with Crippen molar-refractivity contribution in [3.8, 4) is 0 Å². The van der Waals surface area contributed by atoms with Gasteiger partial charge in [-0.25, -0.2) is 9.13 Å². The lowest BCUT2D eigenvalue weighted by Crippen LogP contribution is -1.68. The highest BCUT2D eigenvalue weighted by molar-refractivity contribution is 7.31.